The van der Waals surface area contributed by atoms with Crippen molar-refractivity contribution < 1.29 is 4.74 Å². The van der Waals surface area contributed by atoms with Crippen molar-refractivity contribution in [1.82, 2.24) is 14.8 Å². The predicted octanol–water partition coefficient (Wildman–Crippen LogP) is 3.12. The molecule has 1 saturated heterocycles. The zero-order valence-corrected chi connectivity index (χ0v) is 16.0. The molecular formula is C21H24N6O. The SMILES string of the molecule is CC(C)Oc1ccc(N)c(C(=N)c2ccnc(N3CC(n4cccn4)C3)c2)c1. The monoisotopic (exact) mass is 376 g/mol. The number of nitrogens with one attached hydrogen (secondary N) is 1. The molecule has 3 aromatic rings. The number of nitrogens with two attached hydrogens (primary N) is 1. The Hall–Kier alpha value is -3.35. The number of pyridine rings is 1. The molecule has 0 radical (unpaired) electrons. The lowest BCUT2D eigenvalue weighted by Gasteiger charge is -2.40. The second-order valence-corrected chi connectivity index (χ2v) is 7.24. The van der Waals surface area contributed by atoms with Crippen molar-refractivity contribution in [3.63, 3.8) is 0 Å². The van der Waals surface area contributed by atoms with Crippen LogP contribution in [0.3, 0.4) is 0 Å². The molecule has 0 saturated carbocycles. The first kappa shape index (κ1) is 18.0. The summed E-state index contributed by atoms with van der Waals surface area (Å²) in [5, 5.41) is 13.0. The molecule has 1 aliphatic rings. The zero-order chi connectivity index (χ0) is 19.7. The van der Waals surface area contributed by atoms with Crippen LogP contribution in [0.25, 0.3) is 0 Å². The molecule has 0 aliphatic carbocycles. The van der Waals surface area contributed by atoms with E-state index in [9.17, 15) is 0 Å². The number of aromatic nitrogens is 3. The van der Waals surface area contributed by atoms with Crippen molar-refractivity contribution in [2.75, 3.05) is 23.7 Å². The van der Waals surface area contributed by atoms with E-state index < -0.39 is 0 Å². The highest BCUT2D eigenvalue weighted by atomic mass is 16.5. The molecule has 144 valence electrons. The zero-order valence-electron chi connectivity index (χ0n) is 16.0. The summed E-state index contributed by atoms with van der Waals surface area (Å²) in [6.07, 6.45) is 5.58. The maximum Gasteiger partial charge on any atom is 0.129 e. The maximum atomic E-state index is 8.66. The van der Waals surface area contributed by atoms with E-state index in [2.05, 4.69) is 15.0 Å². The summed E-state index contributed by atoms with van der Waals surface area (Å²) in [6, 6.07) is 11.5. The summed E-state index contributed by atoms with van der Waals surface area (Å²) < 4.78 is 7.73. The average molecular weight is 376 g/mol. The highest BCUT2D eigenvalue weighted by molar-refractivity contribution is 6.14. The highest BCUT2D eigenvalue weighted by Gasteiger charge is 2.29. The first-order chi connectivity index (χ1) is 13.5. The molecule has 0 spiro atoms. The third-order valence-corrected chi connectivity index (χ3v) is 4.79. The van der Waals surface area contributed by atoms with Crippen LogP contribution in [-0.2, 0) is 0 Å². The number of ether oxygens (including phenoxy) is 1. The first-order valence-electron chi connectivity index (χ1n) is 9.37. The molecular weight excluding hydrogens is 352 g/mol. The number of nitrogens with zero attached hydrogens (tertiary/aromatic N) is 4. The Morgan fingerprint density at radius 1 is 1.21 bits per heavy atom. The van der Waals surface area contributed by atoms with Crippen LogP contribution in [0, 0.1) is 5.41 Å². The van der Waals surface area contributed by atoms with Crippen molar-refractivity contribution in [3.05, 3.63) is 66.1 Å². The quantitative estimate of drug-likeness (QED) is 0.509. The van der Waals surface area contributed by atoms with Gasteiger partial charge in [0.05, 0.1) is 17.9 Å². The second-order valence-electron chi connectivity index (χ2n) is 7.24. The van der Waals surface area contributed by atoms with E-state index in [0.29, 0.717) is 28.8 Å². The van der Waals surface area contributed by atoms with E-state index in [1.807, 2.05) is 55.1 Å². The van der Waals surface area contributed by atoms with Gasteiger partial charge in [0.2, 0.25) is 0 Å². The van der Waals surface area contributed by atoms with Gasteiger partial charge in [0.25, 0.3) is 0 Å². The van der Waals surface area contributed by atoms with Crippen LogP contribution >= 0.6 is 0 Å². The Labute approximate surface area is 164 Å². The summed E-state index contributed by atoms with van der Waals surface area (Å²) in [4.78, 5) is 6.66. The number of benzene rings is 1. The molecule has 7 heteroatoms. The summed E-state index contributed by atoms with van der Waals surface area (Å²) >= 11 is 0. The van der Waals surface area contributed by atoms with E-state index in [1.165, 1.54) is 0 Å². The lowest BCUT2D eigenvalue weighted by Crippen LogP contribution is -2.48. The fourth-order valence-corrected chi connectivity index (χ4v) is 3.31. The average Bonchev–Trinajstić information content (AvgIpc) is 3.15. The van der Waals surface area contributed by atoms with E-state index in [0.717, 1.165) is 24.5 Å². The second kappa shape index (κ2) is 7.34. The van der Waals surface area contributed by atoms with Crippen LogP contribution in [0.15, 0.2) is 55.0 Å². The summed E-state index contributed by atoms with van der Waals surface area (Å²) in [7, 11) is 0. The van der Waals surface area contributed by atoms with Gasteiger partial charge < -0.3 is 15.4 Å². The van der Waals surface area contributed by atoms with Gasteiger partial charge in [-0.25, -0.2) is 4.98 Å². The van der Waals surface area contributed by atoms with E-state index >= 15 is 0 Å². The Morgan fingerprint density at radius 2 is 2.04 bits per heavy atom. The molecule has 4 rings (SSSR count). The highest BCUT2D eigenvalue weighted by Crippen LogP contribution is 2.28. The minimum absolute atomic E-state index is 0.0623. The minimum Gasteiger partial charge on any atom is -0.491 e. The largest absolute Gasteiger partial charge is 0.491 e. The third kappa shape index (κ3) is 3.55. The summed E-state index contributed by atoms with van der Waals surface area (Å²) in [6.45, 7) is 5.65. The van der Waals surface area contributed by atoms with Crippen LogP contribution in [0.1, 0.15) is 31.0 Å². The third-order valence-electron chi connectivity index (χ3n) is 4.79. The standard InChI is InChI=1S/C21H24N6O/c1-14(2)28-17-4-5-19(22)18(11-17)21(23)15-6-8-24-20(10-15)26-12-16(13-26)27-9-3-7-25-27/h3-11,14,16,23H,12-13,22H2,1-2H3. The van der Waals surface area contributed by atoms with Gasteiger partial charge in [-0.3, -0.25) is 10.1 Å². The van der Waals surface area contributed by atoms with Gasteiger partial charge in [-0.2, -0.15) is 5.10 Å². The Morgan fingerprint density at radius 3 is 2.75 bits per heavy atom. The van der Waals surface area contributed by atoms with Gasteiger partial charge in [0, 0.05) is 48.5 Å². The molecule has 0 bridgehead atoms. The van der Waals surface area contributed by atoms with Crippen molar-refractivity contribution in [2.45, 2.75) is 26.0 Å². The Kier molecular flexibility index (Phi) is 4.73. The Balaban J connectivity index is 1.52. The molecule has 2 aromatic heterocycles. The van der Waals surface area contributed by atoms with Gasteiger partial charge in [-0.05, 0) is 50.2 Å². The minimum atomic E-state index is 0.0623. The number of hydrogen-bond donors (Lipinski definition) is 2. The van der Waals surface area contributed by atoms with Gasteiger partial charge in [-0.1, -0.05) is 0 Å². The van der Waals surface area contributed by atoms with E-state index in [4.69, 9.17) is 15.9 Å². The summed E-state index contributed by atoms with van der Waals surface area (Å²) in [5.74, 6) is 1.57. The molecule has 28 heavy (non-hydrogen) atoms. The molecule has 7 nitrogen and oxygen atoms in total. The van der Waals surface area contributed by atoms with Crippen LogP contribution < -0.4 is 15.4 Å². The number of nitrogen functional groups attached to an aromatic ring is 1. The van der Waals surface area contributed by atoms with E-state index in [1.54, 1.807) is 18.5 Å². The van der Waals surface area contributed by atoms with Crippen molar-refractivity contribution in [1.29, 1.82) is 5.41 Å². The molecule has 3 N–H and O–H groups in total. The molecule has 0 atom stereocenters. The van der Waals surface area contributed by atoms with Crippen LogP contribution in [0.2, 0.25) is 0 Å². The van der Waals surface area contributed by atoms with Crippen molar-refractivity contribution in [2.24, 2.45) is 0 Å². The van der Waals surface area contributed by atoms with Crippen molar-refractivity contribution in [3.8, 4) is 5.75 Å². The lowest BCUT2D eigenvalue weighted by molar-refractivity contribution is 0.242. The van der Waals surface area contributed by atoms with Gasteiger partial charge >= 0.3 is 0 Å². The first-order valence-corrected chi connectivity index (χ1v) is 9.37. The fourth-order valence-electron chi connectivity index (χ4n) is 3.31. The molecule has 0 amide bonds. The number of anilines is 2. The van der Waals surface area contributed by atoms with Gasteiger partial charge in [0.15, 0.2) is 0 Å². The van der Waals surface area contributed by atoms with Crippen LogP contribution in [0.5, 0.6) is 5.75 Å². The summed E-state index contributed by atoms with van der Waals surface area (Å²) in [5.41, 5.74) is 8.49. The lowest BCUT2D eigenvalue weighted by atomic mass is 10.0. The predicted molar refractivity (Wildman–Crippen MR) is 110 cm³/mol. The smallest absolute Gasteiger partial charge is 0.129 e. The maximum absolute atomic E-state index is 8.66. The van der Waals surface area contributed by atoms with Gasteiger partial charge in [0.1, 0.15) is 11.6 Å². The van der Waals surface area contributed by atoms with Crippen molar-refractivity contribution >= 4 is 17.2 Å². The molecule has 1 fully saturated rings. The number of hydrogen-bond acceptors (Lipinski definition) is 6. The molecule has 0 unspecified atom stereocenters. The topological polar surface area (TPSA) is 93.0 Å². The van der Waals surface area contributed by atoms with E-state index in [-0.39, 0.29) is 6.10 Å². The van der Waals surface area contributed by atoms with Crippen LogP contribution in [-0.4, -0.2) is 39.7 Å². The number of rotatable bonds is 6. The molecule has 1 aromatic carbocycles. The normalized spacial score (nSPS) is 14.2. The van der Waals surface area contributed by atoms with Crippen LogP contribution in [0.4, 0.5) is 11.5 Å². The van der Waals surface area contributed by atoms with Gasteiger partial charge in [-0.15, -0.1) is 0 Å². The Bertz CT molecular complexity index is 976. The fraction of sp³-hybridized carbons (Fsp3) is 0.286. The molecule has 1 aliphatic heterocycles. The molecule has 3 heterocycles.